The molecular weight excluding hydrogens is 831 g/mol. The van der Waals surface area contributed by atoms with Crippen LogP contribution in [-0.2, 0) is 28.9 Å². The Balaban J connectivity index is 0.935. The van der Waals surface area contributed by atoms with Crippen molar-refractivity contribution in [2.45, 2.75) is 64.7 Å². The Morgan fingerprint density at radius 3 is 1.77 bits per heavy atom. The van der Waals surface area contributed by atoms with Gasteiger partial charge in [0.25, 0.3) is 0 Å². The van der Waals surface area contributed by atoms with Gasteiger partial charge >= 0.3 is 11.9 Å². The number of hydrogen-bond donors (Lipinski definition) is 5. The number of aromatic amines is 2. The molecule has 19 nitrogen and oxygen atoms in total. The number of nitrogens with one attached hydrogen (secondary N) is 2. The number of piperazine rings is 1. The Morgan fingerprint density at radius 2 is 1.26 bits per heavy atom. The number of rotatable bonds is 23. The predicted octanol–water partition coefficient (Wildman–Crippen LogP) is 5.54. The molecule has 1 fully saturated rings. The van der Waals surface area contributed by atoms with E-state index in [9.17, 15) is 19.8 Å². The lowest BCUT2D eigenvalue weighted by atomic mass is 9.81. The maximum absolute atomic E-state index is 12.9. The van der Waals surface area contributed by atoms with E-state index in [1.54, 1.807) is 24.5 Å². The molecule has 0 amide bonds. The molecule has 0 aliphatic carbocycles. The molecule has 0 saturated carbocycles. The number of hydrogen-bond acceptors (Lipinski definition) is 15. The van der Waals surface area contributed by atoms with Crippen molar-refractivity contribution in [2.24, 2.45) is 29.4 Å². The average Bonchev–Trinajstić information content (AvgIpc) is 4.05. The van der Waals surface area contributed by atoms with Crippen LogP contribution >= 0.6 is 0 Å². The molecule has 0 radical (unpaired) electrons. The summed E-state index contributed by atoms with van der Waals surface area (Å²) in [5.74, 6) is -1.17. The van der Waals surface area contributed by atoms with Gasteiger partial charge in [-0.3, -0.25) is 14.5 Å². The van der Waals surface area contributed by atoms with Crippen LogP contribution in [0.2, 0.25) is 0 Å². The number of anilines is 1. The molecule has 4 aromatic heterocycles. The highest BCUT2D eigenvalue weighted by Gasteiger charge is 2.35. The first-order valence-corrected chi connectivity index (χ1v) is 22.1. The number of para-hydroxylation sites is 2. The third-order valence-corrected chi connectivity index (χ3v) is 11.8. The molecule has 342 valence electrons. The zero-order valence-electron chi connectivity index (χ0n) is 36.9. The summed E-state index contributed by atoms with van der Waals surface area (Å²) in [6.45, 7) is 10.4. The second-order valence-electron chi connectivity index (χ2n) is 17.2. The van der Waals surface area contributed by atoms with Crippen LogP contribution in [-0.4, -0.2) is 118 Å². The van der Waals surface area contributed by atoms with E-state index in [0.717, 1.165) is 61.5 Å². The molecule has 1 unspecified atom stereocenters. The molecule has 0 bridgehead atoms. The van der Waals surface area contributed by atoms with Crippen LogP contribution in [0.25, 0.3) is 0 Å². The fourth-order valence-corrected chi connectivity index (χ4v) is 8.60. The summed E-state index contributed by atoms with van der Waals surface area (Å²) in [5, 5.41) is 49.8. The van der Waals surface area contributed by atoms with E-state index >= 15 is 0 Å². The lowest BCUT2D eigenvalue weighted by Gasteiger charge is -2.38. The molecule has 2 aromatic carbocycles. The molecule has 7 rings (SSSR count). The van der Waals surface area contributed by atoms with Gasteiger partial charge < -0.3 is 30.3 Å². The van der Waals surface area contributed by atoms with Gasteiger partial charge in [-0.2, -0.15) is 10.4 Å². The van der Waals surface area contributed by atoms with Crippen LogP contribution in [0.3, 0.4) is 0 Å². The van der Waals surface area contributed by atoms with E-state index in [1.165, 1.54) is 0 Å². The number of tetrazole rings is 2. The van der Waals surface area contributed by atoms with Crippen molar-refractivity contribution in [3.8, 4) is 23.3 Å². The van der Waals surface area contributed by atoms with Gasteiger partial charge in [-0.15, -0.1) is 20.4 Å². The molecule has 1 saturated heterocycles. The maximum Gasteiger partial charge on any atom is 0.307 e. The van der Waals surface area contributed by atoms with Gasteiger partial charge in [0.1, 0.15) is 5.75 Å². The maximum atomic E-state index is 12.9. The SMILES string of the molecule is CC(C)C[C@H](C(=O)O)[C@H](Cc1ccc(Oc2ccccc2N2CCN(CC(C)C[C@H](C(=O)O)[C@H](Cc3ccc(Oc4ccc(CCN)cc4)nc3)c3nn[nH]n3)CC2)nc1)c1nn[nH]n1. The fourth-order valence-electron chi connectivity index (χ4n) is 8.60. The normalized spacial score (nSPS) is 15.6. The topological polar surface area (TPSA) is 260 Å². The van der Waals surface area contributed by atoms with Gasteiger partial charge in [-0.05, 0) is 91.4 Å². The largest absolute Gasteiger partial charge is 0.481 e. The fraction of sp³-hybridized carbons (Fsp3) is 0.435. The first-order chi connectivity index (χ1) is 31.5. The number of carbonyl (C=O) groups is 2. The number of nitrogens with zero attached hydrogens (tertiary/aromatic N) is 10. The molecule has 6 aromatic rings. The quantitative estimate of drug-likeness (QED) is 0.0529. The Hall–Kier alpha value is -6.86. The molecule has 0 spiro atoms. The zero-order valence-corrected chi connectivity index (χ0v) is 36.9. The average molecular weight is 888 g/mol. The number of aromatic nitrogens is 10. The number of H-pyrrole nitrogens is 2. The number of aliphatic carboxylic acids is 2. The standard InChI is InChI=1S/C46H57N13O6/c1-29(2)22-37(45(60)61)35(43-50-54-55-51-43)24-33-11-15-42(49-27-33)65-40-7-5-4-6-39(40)59-20-18-58(19-21-59)28-30(3)23-38(46(62)63)36(44-52-56-57-53-44)25-32-10-14-41(48-26-32)64-34-12-8-31(9-13-34)16-17-47/h4-15,26-27,29-30,35-38H,16-25,28,47H2,1-3H3,(H,60,61)(H,62,63)(H,50,51,54,55)(H,52,53,56,57)/t30?,35-,36-,37-,38-/m0/s1. The summed E-state index contributed by atoms with van der Waals surface area (Å²) < 4.78 is 12.3. The summed E-state index contributed by atoms with van der Waals surface area (Å²) in [4.78, 5) is 39.0. The molecule has 1 aliphatic rings. The smallest absolute Gasteiger partial charge is 0.307 e. The Morgan fingerprint density at radius 1 is 0.708 bits per heavy atom. The van der Waals surface area contributed by atoms with Crippen molar-refractivity contribution in [3.05, 3.63) is 114 Å². The van der Waals surface area contributed by atoms with Crippen LogP contribution < -0.4 is 20.1 Å². The number of pyridine rings is 2. The Labute approximate surface area is 377 Å². The summed E-state index contributed by atoms with van der Waals surface area (Å²) in [5.41, 5.74) is 9.40. The van der Waals surface area contributed by atoms with Gasteiger partial charge in [0.2, 0.25) is 11.8 Å². The van der Waals surface area contributed by atoms with Crippen LogP contribution in [0.15, 0.2) is 85.2 Å². The van der Waals surface area contributed by atoms with Gasteiger partial charge in [0.15, 0.2) is 17.4 Å². The van der Waals surface area contributed by atoms with Crippen molar-refractivity contribution in [2.75, 3.05) is 44.2 Å². The number of benzene rings is 2. The van der Waals surface area contributed by atoms with E-state index in [0.29, 0.717) is 67.1 Å². The van der Waals surface area contributed by atoms with Crippen molar-refractivity contribution in [1.82, 2.24) is 56.1 Å². The van der Waals surface area contributed by atoms with Gasteiger partial charge in [0, 0.05) is 69.1 Å². The van der Waals surface area contributed by atoms with Crippen LogP contribution in [0.1, 0.15) is 73.8 Å². The summed E-state index contributed by atoms with van der Waals surface area (Å²) in [7, 11) is 0. The molecule has 65 heavy (non-hydrogen) atoms. The van der Waals surface area contributed by atoms with Gasteiger partial charge in [0.05, 0.1) is 17.5 Å². The van der Waals surface area contributed by atoms with Crippen molar-refractivity contribution < 1.29 is 29.3 Å². The lowest BCUT2D eigenvalue weighted by Crippen LogP contribution is -2.48. The summed E-state index contributed by atoms with van der Waals surface area (Å²) in [6, 6.07) is 22.9. The van der Waals surface area contributed by atoms with Crippen molar-refractivity contribution in [1.29, 1.82) is 0 Å². The summed E-state index contributed by atoms with van der Waals surface area (Å²) >= 11 is 0. The number of carboxylic acid groups (broad SMARTS) is 2. The first-order valence-electron chi connectivity index (χ1n) is 22.1. The van der Waals surface area contributed by atoms with Crippen molar-refractivity contribution in [3.63, 3.8) is 0 Å². The van der Waals surface area contributed by atoms with Gasteiger partial charge in [-0.25, -0.2) is 9.97 Å². The zero-order chi connectivity index (χ0) is 45.7. The minimum absolute atomic E-state index is 0.0552. The first kappa shape index (κ1) is 46.1. The molecular formula is C46H57N13O6. The molecule has 5 heterocycles. The third-order valence-electron chi connectivity index (χ3n) is 11.8. The van der Waals surface area contributed by atoms with E-state index in [1.807, 2.05) is 74.5 Å². The van der Waals surface area contributed by atoms with Crippen LogP contribution in [0.5, 0.6) is 23.3 Å². The van der Waals surface area contributed by atoms with Gasteiger partial charge in [-0.1, -0.05) is 67.6 Å². The lowest BCUT2D eigenvalue weighted by molar-refractivity contribution is -0.144. The molecule has 6 N–H and O–H groups in total. The van der Waals surface area contributed by atoms with Crippen LogP contribution in [0, 0.1) is 23.7 Å². The van der Waals surface area contributed by atoms with E-state index in [2.05, 4.69) is 67.9 Å². The predicted molar refractivity (Wildman–Crippen MR) is 240 cm³/mol. The van der Waals surface area contributed by atoms with Crippen LogP contribution in [0.4, 0.5) is 5.69 Å². The Kier molecular flexibility index (Phi) is 15.7. The highest BCUT2D eigenvalue weighted by molar-refractivity contribution is 5.72. The number of carboxylic acids is 2. The second-order valence-corrected chi connectivity index (χ2v) is 17.2. The Bertz CT molecular complexity index is 2380. The monoisotopic (exact) mass is 887 g/mol. The third kappa shape index (κ3) is 12.7. The summed E-state index contributed by atoms with van der Waals surface area (Å²) in [6.07, 6.45) is 5.82. The highest BCUT2D eigenvalue weighted by atomic mass is 16.5. The van der Waals surface area contributed by atoms with E-state index in [4.69, 9.17) is 15.2 Å². The van der Waals surface area contributed by atoms with E-state index in [-0.39, 0.29) is 11.8 Å². The minimum Gasteiger partial charge on any atom is -0.481 e. The minimum atomic E-state index is -0.912. The molecule has 1 aliphatic heterocycles. The number of nitrogens with two attached hydrogens (primary N) is 1. The molecule has 19 heteroatoms. The number of ether oxygens (including phenoxy) is 2. The van der Waals surface area contributed by atoms with E-state index < -0.39 is 35.6 Å². The molecule has 5 atom stereocenters. The highest BCUT2D eigenvalue weighted by Crippen LogP contribution is 2.36. The van der Waals surface area contributed by atoms with Crippen molar-refractivity contribution >= 4 is 17.6 Å². The second kappa shape index (κ2) is 22.2.